The summed E-state index contributed by atoms with van der Waals surface area (Å²) in [5.74, 6) is -0.223. The van der Waals surface area contributed by atoms with Crippen LogP contribution in [0.5, 0.6) is 0 Å². The number of anilines is 1. The molecule has 0 spiro atoms. The van der Waals surface area contributed by atoms with Gasteiger partial charge >= 0.3 is 0 Å². The summed E-state index contributed by atoms with van der Waals surface area (Å²) in [6.07, 6.45) is 1.77. The van der Waals surface area contributed by atoms with E-state index in [2.05, 4.69) is 10.3 Å². The molecule has 1 unspecified atom stereocenters. The zero-order chi connectivity index (χ0) is 11.5. The molecule has 2 aromatic rings. The first-order valence-electron chi connectivity index (χ1n) is 5.09. The highest BCUT2D eigenvalue weighted by Gasteiger charge is 2.09. The Morgan fingerprint density at radius 2 is 2.25 bits per heavy atom. The summed E-state index contributed by atoms with van der Waals surface area (Å²) >= 11 is 1.59. The number of aromatic nitrogens is 1. The lowest BCUT2D eigenvalue weighted by molar-refractivity contribution is 0.627. The lowest BCUT2D eigenvalue weighted by Gasteiger charge is -2.14. The number of hydrogen-bond donors (Lipinski definition) is 1. The molecule has 0 radical (unpaired) electrons. The summed E-state index contributed by atoms with van der Waals surface area (Å²) in [7, 11) is 0. The number of thiazole rings is 1. The normalized spacial score (nSPS) is 12.4. The van der Waals surface area contributed by atoms with Gasteiger partial charge in [-0.3, -0.25) is 0 Å². The lowest BCUT2D eigenvalue weighted by atomic mass is 10.2. The highest BCUT2D eigenvalue weighted by Crippen LogP contribution is 2.23. The molecule has 2 rings (SSSR count). The zero-order valence-corrected chi connectivity index (χ0v) is 10.0. The monoisotopic (exact) mass is 236 g/mol. The molecule has 84 valence electrons. The molecule has 1 aromatic carbocycles. The van der Waals surface area contributed by atoms with Crippen LogP contribution < -0.4 is 5.32 Å². The summed E-state index contributed by atoms with van der Waals surface area (Å²) in [6, 6.07) is 4.85. The fourth-order valence-electron chi connectivity index (χ4n) is 1.49. The summed E-state index contributed by atoms with van der Waals surface area (Å²) < 4.78 is 13.1. The van der Waals surface area contributed by atoms with E-state index in [1.54, 1.807) is 23.6 Å². The topological polar surface area (TPSA) is 24.9 Å². The van der Waals surface area contributed by atoms with Crippen molar-refractivity contribution in [1.29, 1.82) is 0 Å². The number of rotatable bonds is 3. The predicted octanol–water partition coefficient (Wildman–Crippen LogP) is 3.76. The second-order valence-electron chi connectivity index (χ2n) is 3.70. The Morgan fingerprint density at radius 3 is 2.94 bits per heavy atom. The van der Waals surface area contributed by atoms with Gasteiger partial charge in [-0.25, -0.2) is 9.37 Å². The van der Waals surface area contributed by atoms with Gasteiger partial charge in [0.2, 0.25) is 0 Å². The Labute approximate surface area is 98.2 Å². The van der Waals surface area contributed by atoms with Crippen LogP contribution in [0.4, 0.5) is 10.1 Å². The fraction of sp³-hybridized carbons (Fsp3) is 0.250. The van der Waals surface area contributed by atoms with Crippen LogP contribution >= 0.6 is 11.3 Å². The maximum atomic E-state index is 13.1. The predicted molar refractivity (Wildman–Crippen MR) is 65.3 cm³/mol. The van der Waals surface area contributed by atoms with Gasteiger partial charge in [-0.2, -0.15) is 0 Å². The average Bonchev–Trinajstić information content (AvgIpc) is 2.76. The highest BCUT2D eigenvalue weighted by atomic mass is 32.1. The van der Waals surface area contributed by atoms with E-state index in [1.165, 1.54) is 12.1 Å². The quantitative estimate of drug-likeness (QED) is 0.877. The molecule has 0 amide bonds. The SMILES string of the molecule is Cc1ccc(F)cc1NC(C)c1nccs1. The molecular weight excluding hydrogens is 223 g/mol. The Bertz CT molecular complexity index is 468. The van der Waals surface area contributed by atoms with Crippen molar-refractivity contribution in [3.63, 3.8) is 0 Å². The molecule has 0 aliphatic carbocycles. The Balaban J connectivity index is 2.17. The third-order valence-electron chi connectivity index (χ3n) is 2.39. The second-order valence-corrected chi connectivity index (χ2v) is 4.62. The molecular formula is C12H13FN2S. The van der Waals surface area contributed by atoms with Crippen LogP contribution in [0.25, 0.3) is 0 Å². The Kier molecular flexibility index (Phi) is 3.19. The largest absolute Gasteiger partial charge is 0.376 e. The smallest absolute Gasteiger partial charge is 0.125 e. The van der Waals surface area contributed by atoms with Gasteiger partial charge in [-0.1, -0.05) is 6.07 Å². The number of halogens is 1. The standard InChI is InChI=1S/C12H13FN2S/c1-8-3-4-10(13)7-11(8)15-9(2)12-14-5-6-16-12/h3-7,9,15H,1-2H3. The van der Waals surface area contributed by atoms with Gasteiger partial charge < -0.3 is 5.32 Å². The van der Waals surface area contributed by atoms with E-state index < -0.39 is 0 Å². The molecule has 4 heteroatoms. The highest BCUT2D eigenvalue weighted by molar-refractivity contribution is 7.09. The minimum atomic E-state index is -0.223. The molecule has 0 aliphatic rings. The number of hydrogen-bond acceptors (Lipinski definition) is 3. The van der Waals surface area contributed by atoms with Crippen LogP contribution in [-0.2, 0) is 0 Å². The molecule has 0 bridgehead atoms. The van der Waals surface area contributed by atoms with Crippen molar-refractivity contribution in [3.05, 3.63) is 46.2 Å². The van der Waals surface area contributed by atoms with Gasteiger partial charge in [0.15, 0.2) is 0 Å². The van der Waals surface area contributed by atoms with Crippen molar-refractivity contribution >= 4 is 17.0 Å². The first-order valence-corrected chi connectivity index (χ1v) is 5.97. The van der Waals surface area contributed by atoms with Gasteiger partial charge in [0.1, 0.15) is 10.8 Å². The summed E-state index contributed by atoms with van der Waals surface area (Å²) in [5.41, 5.74) is 1.85. The first-order chi connectivity index (χ1) is 7.66. The van der Waals surface area contributed by atoms with E-state index >= 15 is 0 Å². The number of aryl methyl sites for hydroxylation is 1. The van der Waals surface area contributed by atoms with Crippen molar-refractivity contribution in [3.8, 4) is 0 Å². The Hall–Kier alpha value is -1.42. The molecule has 0 saturated heterocycles. The van der Waals surface area contributed by atoms with Crippen LogP contribution in [0.15, 0.2) is 29.8 Å². The van der Waals surface area contributed by atoms with E-state index in [4.69, 9.17) is 0 Å². The third-order valence-corrected chi connectivity index (χ3v) is 3.35. The van der Waals surface area contributed by atoms with E-state index in [-0.39, 0.29) is 11.9 Å². The molecule has 16 heavy (non-hydrogen) atoms. The third kappa shape index (κ3) is 2.39. The van der Waals surface area contributed by atoms with Crippen LogP contribution in [0.3, 0.4) is 0 Å². The second kappa shape index (κ2) is 4.61. The summed E-state index contributed by atoms with van der Waals surface area (Å²) in [5, 5.41) is 6.20. The van der Waals surface area contributed by atoms with E-state index in [1.807, 2.05) is 19.2 Å². The van der Waals surface area contributed by atoms with Crippen LogP contribution in [0.2, 0.25) is 0 Å². The van der Waals surface area contributed by atoms with Gasteiger partial charge in [-0.15, -0.1) is 11.3 Å². The van der Waals surface area contributed by atoms with Crippen molar-refractivity contribution in [2.45, 2.75) is 19.9 Å². The minimum absolute atomic E-state index is 0.0977. The molecule has 1 heterocycles. The molecule has 2 nitrogen and oxygen atoms in total. The fourth-order valence-corrected chi connectivity index (χ4v) is 2.14. The number of benzene rings is 1. The lowest BCUT2D eigenvalue weighted by Crippen LogP contribution is -2.07. The van der Waals surface area contributed by atoms with Gasteiger partial charge in [0, 0.05) is 17.3 Å². The first kappa shape index (κ1) is 11.1. The zero-order valence-electron chi connectivity index (χ0n) is 9.20. The van der Waals surface area contributed by atoms with Crippen LogP contribution in [0.1, 0.15) is 23.5 Å². The summed E-state index contributed by atoms with van der Waals surface area (Å²) in [4.78, 5) is 4.23. The van der Waals surface area contributed by atoms with Gasteiger partial charge in [-0.05, 0) is 31.5 Å². The van der Waals surface area contributed by atoms with Gasteiger partial charge in [0.05, 0.1) is 6.04 Å². The average molecular weight is 236 g/mol. The number of nitrogens with zero attached hydrogens (tertiary/aromatic N) is 1. The van der Waals surface area contributed by atoms with E-state index in [0.29, 0.717) is 0 Å². The molecule has 1 aromatic heterocycles. The van der Waals surface area contributed by atoms with Crippen molar-refractivity contribution in [1.82, 2.24) is 4.98 Å². The minimum Gasteiger partial charge on any atom is -0.376 e. The molecule has 0 fully saturated rings. The molecule has 0 aliphatic heterocycles. The van der Waals surface area contributed by atoms with Crippen molar-refractivity contribution in [2.75, 3.05) is 5.32 Å². The van der Waals surface area contributed by atoms with Crippen LogP contribution in [0, 0.1) is 12.7 Å². The van der Waals surface area contributed by atoms with Crippen LogP contribution in [-0.4, -0.2) is 4.98 Å². The number of nitrogens with one attached hydrogen (secondary N) is 1. The maximum absolute atomic E-state index is 13.1. The van der Waals surface area contributed by atoms with Crippen molar-refractivity contribution in [2.24, 2.45) is 0 Å². The van der Waals surface area contributed by atoms with E-state index in [0.717, 1.165) is 16.3 Å². The summed E-state index contributed by atoms with van der Waals surface area (Å²) in [6.45, 7) is 3.97. The molecule has 1 N–H and O–H groups in total. The Morgan fingerprint density at radius 1 is 1.44 bits per heavy atom. The molecule has 0 saturated carbocycles. The van der Waals surface area contributed by atoms with E-state index in [9.17, 15) is 4.39 Å². The van der Waals surface area contributed by atoms with Gasteiger partial charge in [0.25, 0.3) is 0 Å². The van der Waals surface area contributed by atoms with Crippen molar-refractivity contribution < 1.29 is 4.39 Å². The maximum Gasteiger partial charge on any atom is 0.125 e. The molecule has 1 atom stereocenters.